The van der Waals surface area contributed by atoms with E-state index in [1.54, 1.807) is 0 Å². The number of H-pyrrole nitrogens is 2. The molecule has 0 aliphatic rings. The van der Waals surface area contributed by atoms with Crippen LogP contribution in [0.25, 0.3) is 22.0 Å². The van der Waals surface area contributed by atoms with E-state index in [4.69, 9.17) is 0 Å². The molecule has 5 heteroatoms. The molecule has 2 aromatic heterocycles. The number of pyridine rings is 1. The number of aryl methyl sites for hydroxylation is 1. The molecule has 3 aromatic rings. The molecule has 2 N–H and O–H groups in total. The molecule has 5 nitrogen and oxygen atoms in total. The SMILES string of the molecule is CCc1c(-c2ccccc2)ncc2c(=O)[nH][nH]c(=O)c12. The van der Waals surface area contributed by atoms with Gasteiger partial charge < -0.3 is 0 Å². The summed E-state index contributed by atoms with van der Waals surface area (Å²) in [5.74, 6) is 0. The van der Waals surface area contributed by atoms with E-state index in [-0.39, 0.29) is 11.1 Å². The summed E-state index contributed by atoms with van der Waals surface area (Å²) in [7, 11) is 0. The van der Waals surface area contributed by atoms with Crippen LogP contribution in [0.4, 0.5) is 0 Å². The first-order valence-electron chi connectivity index (χ1n) is 6.40. The predicted octanol–water partition coefficient (Wildman–Crippen LogP) is 1.84. The van der Waals surface area contributed by atoms with E-state index in [0.29, 0.717) is 17.2 Å². The molecule has 0 amide bonds. The maximum Gasteiger partial charge on any atom is 0.272 e. The van der Waals surface area contributed by atoms with Crippen LogP contribution in [0.3, 0.4) is 0 Å². The Labute approximate surface area is 114 Å². The Morgan fingerprint density at radius 1 is 1.05 bits per heavy atom. The van der Waals surface area contributed by atoms with Crippen LogP contribution in [0.2, 0.25) is 0 Å². The summed E-state index contributed by atoms with van der Waals surface area (Å²) in [4.78, 5) is 28.2. The van der Waals surface area contributed by atoms with Crippen molar-refractivity contribution in [1.29, 1.82) is 0 Å². The number of hydrogen-bond acceptors (Lipinski definition) is 3. The summed E-state index contributed by atoms with van der Waals surface area (Å²) in [5, 5.41) is 5.44. The summed E-state index contributed by atoms with van der Waals surface area (Å²) in [5.41, 5.74) is 1.85. The largest absolute Gasteiger partial charge is 0.272 e. The topological polar surface area (TPSA) is 78.6 Å². The van der Waals surface area contributed by atoms with Crippen LogP contribution in [0.15, 0.2) is 46.1 Å². The van der Waals surface area contributed by atoms with Gasteiger partial charge in [-0.05, 0) is 12.0 Å². The van der Waals surface area contributed by atoms with Crippen LogP contribution in [0, 0.1) is 0 Å². The molecule has 0 aliphatic heterocycles. The van der Waals surface area contributed by atoms with E-state index in [1.165, 1.54) is 6.20 Å². The van der Waals surface area contributed by atoms with Gasteiger partial charge in [0.05, 0.1) is 16.5 Å². The van der Waals surface area contributed by atoms with E-state index in [0.717, 1.165) is 16.8 Å². The van der Waals surface area contributed by atoms with Gasteiger partial charge in [-0.3, -0.25) is 24.8 Å². The number of fused-ring (bicyclic) bond motifs is 1. The van der Waals surface area contributed by atoms with Gasteiger partial charge in [0.2, 0.25) is 0 Å². The lowest BCUT2D eigenvalue weighted by Gasteiger charge is -2.09. The molecule has 0 bridgehead atoms. The van der Waals surface area contributed by atoms with Crippen molar-refractivity contribution in [2.45, 2.75) is 13.3 Å². The summed E-state index contributed by atoms with van der Waals surface area (Å²) in [6, 6.07) is 9.64. The quantitative estimate of drug-likeness (QED) is 0.743. The molecular weight excluding hydrogens is 254 g/mol. The number of aromatic nitrogens is 3. The van der Waals surface area contributed by atoms with Gasteiger partial charge in [0, 0.05) is 11.8 Å². The second kappa shape index (κ2) is 4.77. The first-order chi connectivity index (χ1) is 9.72. The standard InChI is InChI=1S/C15H13N3O2/c1-2-10-12-11(14(19)17-18-15(12)20)8-16-13(10)9-6-4-3-5-7-9/h3-8H,2H2,1H3,(H,17,19)(H,18,20). The number of rotatable bonds is 2. The van der Waals surface area contributed by atoms with Crippen molar-refractivity contribution in [2.75, 3.05) is 0 Å². The predicted molar refractivity (Wildman–Crippen MR) is 77.8 cm³/mol. The van der Waals surface area contributed by atoms with Gasteiger partial charge in [-0.25, -0.2) is 0 Å². The highest BCUT2D eigenvalue weighted by molar-refractivity contribution is 5.88. The second-order valence-corrected chi connectivity index (χ2v) is 4.50. The van der Waals surface area contributed by atoms with Gasteiger partial charge in [-0.2, -0.15) is 0 Å². The molecule has 1 aromatic carbocycles. The average molecular weight is 267 g/mol. The highest BCUT2D eigenvalue weighted by Gasteiger charge is 2.14. The van der Waals surface area contributed by atoms with Crippen LogP contribution in [-0.2, 0) is 6.42 Å². The van der Waals surface area contributed by atoms with Gasteiger partial charge in [0.25, 0.3) is 11.1 Å². The summed E-state index contributed by atoms with van der Waals surface area (Å²) in [6.07, 6.45) is 2.09. The van der Waals surface area contributed by atoms with Gasteiger partial charge in [0.1, 0.15) is 0 Å². The molecule has 0 radical (unpaired) electrons. The van der Waals surface area contributed by atoms with E-state index in [2.05, 4.69) is 15.2 Å². The Kier molecular flexibility index (Phi) is 2.95. The van der Waals surface area contributed by atoms with E-state index in [9.17, 15) is 9.59 Å². The fourth-order valence-corrected chi connectivity index (χ4v) is 2.42. The second-order valence-electron chi connectivity index (χ2n) is 4.50. The third-order valence-electron chi connectivity index (χ3n) is 3.34. The number of nitrogens with one attached hydrogen (secondary N) is 2. The first kappa shape index (κ1) is 12.3. The molecule has 20 heavy (non-hydrogen) atoms. The molecule has 0 atom stereocenters. The molecule has 0 aliphatic carbocycles. The van der Waals surface area contributed by atoms with Gasteiger partial charge in [-0.1, -0.05) is 37.3 Å². The van der Waals surface area contributed by atoms with E-state index < -0.39 is 0 Å². The molecule has 0 spiro atoms. The number of hydrogen-bond donors (Lipinski definition) is 2. The fourth-order valence-electron chi connectivity index (χ4n) is 2.42. The molecule has 0 saturated carbocycles. The van der Waals surface area contributed by atoms with Crippen molar-refractivity contribution in [3.63, 3.8) is 0 Å². The van der Waals surface area contributed by atoms with Crippen molar-refractivity contribution >= 4 is 10.8 Å². The number of benzene rings is 1. The van der Waals surface area contributed by atoms with Crippen LogP contribution in [0.5, 0.6) is 0 Å². The van der Waals surface area contributed by atoms with Crippen molar-refractivity contribution in [1.82, 2.24) is 15.2 Å². The normalized spacial score (nSPS) is 10.8. The molecule has 0 fully saturated rings. The fraction of sp³-hybridized carbons (Fsp3) is 0.133. The van der Waals surface area contributed by atoms with Gasteiger partial charge >= 0.3 is 0 Å². The van der Waals surface area contributed by atoms with Gasteiger partial charge in [-0.15, -0.1) is 0 Å². The Balaban J connectivity index is 2.45. The number of nitrogens with zero attached hydrogens (tertiary/aromatic N) is 1. The molecule has 100 valence electrons. The summed E-state index contributed by atoms with van der Waals surface area (Å²) in [6.45, 7) is 1.95. The van der Waals surface area contributed by atoms with Crippen molar-refractivity contribution in [2.24, 2.45) is 0 Å². The zero-order chi connectivity index (χ0) is 14.1. The smallest absolute Gasteiger partial charge is 0.267 e. The highest BCUT2D eigenvalue weighted by Crippen LogP contribution is 2.25. The molecule has 2 heterocycles. The Morgan fingerprint density at radius 2 is 1.75 bits per heavy atom. The van der Waals surface area contributed by atoms with E-state index in [1.807, 2.05) is 37.3 Å². The monoisotopic (exact) mass is 267 g/mol. The third-order valence-corrected chi connectivity index (χ3v) is 3.34. The lowest BCUT2D eigenvalue weighted by molar-refractivity contribution is 0.968. The molecular formula is C15H13N3O2. The minimum Gasteiger partial charge on any atom is -0.267 e. The van der Waals surface area contributed by atoms with Crippen LogP contribution in [-0.4, -0.2) is 15.2 Å². The van der Waals surface area contributed by atoms with Crippen molar-refractivity contribution in [3.05, 3.63) is 62.8 Å². The lowest BCUT2D eigenvalue weighted by atomic mass is 9.99. The highest BCUT2D eigenvalue weighted by atomic mass is 16.1. The maximum atomic E-state index is 12.0. The summed E-state index contributed by atoms with van der Waals surface area (Å²) >= 11 is 0. The minimum atomic E-state index is -0.332. The third kappa shape index (κ3) is 1.84. The van der Waals surface area contributed by atoms with Crippen LogP contribution in [0.1, 0.15) is 12.5 Å². The van der Waals surface area contributed by atoms with E-state index >= 15 is 0 Å². The molecule has 3 rings (SSSR count). The molecule has 0 unspecified atom stereocenters. The lowest BCUT2D eigenvalue weighted by Crippen LogP contribution is -2.20. The zero-order valence-corrected chi connectivity index (χ0v) is 10.9. The minimum absolute atomic E-state index is 0.295. The number of aromatic amines is 2. The Bertz CT molecular complexity index is 879. The first-order valence-corrected chi connectivity index (χ1v) is 6.40. The average Bonchev–Trinajstić information content (AvgIpc) is 2.50. The van der Waals surface area contributed by atoms with Crippen LogP contribution >= 0.6 is 0 Å². The molecule has 0 saturated heterocycles. The zero-order valence-electron chi connectivity index (χ0n) is 10.9. The Morgan fingerprint density at radius 3 is 2.45 bits per heavy atom. The van der Waals surface area contributed by atoms with Crippen LogP contribution < -0.4 is 11.1 Å². The summed E-state index contributed by atoms with van der Waals surface area (Å²) < 4.78 is 0. The van der Waals surface area contributed by atoms with Crippen molar-refractivity contribution in [3.8, 4) is 11.3 Å². The van der Waals surface area contributed by atoms with Gasteiger partial charge in [0.15, 0.2) is 0 Å². The van der Waals surface area contributed by atoms with Crippen molar-refractivity contribution < 1.29 is 0 Å². The maximum absolute atomic E-state index is 12.0. The Hall–Kier alpha value is -2.69.